The largest absolute Gasteiger partial charge is 0.396 e. The highest BCUT2D eigenvalue weighted by molar-refractivity contribution is 7.89. The topological polar surface area (TPSA) is 98.2 Å². The maximum Gasteiger partial charge on any atom is 0.240 e. The molecule has 0 aliphatic heterocycles. The molecule has 2 unspecified atom stereocenters. The number of anilines is 2. The molecule has 1 aliphatic carbocycles. The van der Waals surface area contributed by atoms with Gasteiger partial charge in [-0.1, -0.05) is 25.8 Å². The zero-order chi connectivity index (χ0) is 14.0. The second-order valence-electron chi connectivity index (χ2n) is 5.27. The highest BCUT2D eigenvalue weighted by atomic mass is 32.2. The van der Waals surface area contributed by atoms with Crippen LogP contribution < -0.4 is 16.2 Å². The van der Waals surface area contributed by atoms with Gasteiger partial charge in [0.2, 0.25) is 10.0 Å². The van der Waals surface area contributed by atoms with E-state index < -0.39 is 10.0 Å². The van der Waals surface area contributed by atoms with Crippen LogP contribution in [0.5, 0.6) is 0 Å². The van der Waals surface area contributed by atoms with Crippen molar-refractivity contribution in [2.75, 3.05) is 11.1 Å². The summed E-state index contributed by atoms with van der Waals surface area (Å²) in [5.74, 6) is 0.561. The summed E-state index contributed by atoms with van der Waals surface area (Å²) in [7, 11) is -3.78. The molecule has 1 fully saturated rings. The highest BCUT2D eigenvalue weighted by Crippen LogP contribution is 2.31. The van der Waals surface area contributed by atoms with Crippen LogP contribution in [0.4, 0.5) is 11.4 Å². The van der Waals surface area contributed by atoms with Crippen LogP contribution in [0.25, 0.3) is 0 Å². The average Bonchev–Trinajstić information content (AvgIpc) is 2.33. The molecule has 6 heteroatoms. The summed E-state index contributed by atoms with van der Waals surface area (Å²) in [5.41, 5.74) is 6.78. The van der Waals surface area contributed by atoms with E-state index in [1.54, 1.807) is 12.1 Å². The lowest BCUT2D eigenvalue weighted by Crippen LogP contribution is -2.30. The number of nitrogens with two attached hydrogens (primary N) is 2. The first kappa shape index (κ1) is 14.1. The van der Waals surface area contributed by atoms with E-state index in [0.29, 0.717) is 17.6 Å². The van der Waals surface area contributed by atoms with Crippen molar-refractivity contribution in [3.8, 4) is 0 Å². The summed E-state index contributed by atoms with van der Waals surface area (Å²) in [5, 5.41) is 8.52. The van der Waals surface area contributed by atoms with Crippen LogP contribution in [-0.2, 0) is 10.0 Å². The minimum absolute atomic E-state index is 0.0130. The number of benzene rings is 1. The molecule has 0 heterocycles. The first-order valence-electron chi connectivity index (χ1n) is 6.57. The molecular formula is C13H21N3O2S. The molecule has 0 radical (unpaired) electrons. The molecule has 5 nitrogen and oxygen atoms in total. The van der Waals surface area contributed by atoms with Gasteiger partial charge in [0.25, 0.3) is 0 Å². The van der Waals surface area contributed by atoms with Gasteiger partial charge < -0.3 is 11.1 Å². The molecule has 1 aromatic carbocycles. The SMILES string of the molecule is CC1CCCCC1Nc1cccc(S(N)(=O)=O)c1N. The molecule has 5 N–H and O–H groups in total. The van der Waals surface area contributed by atoms with Gasteiger partial charge in [0.15, 0.2) is 0 Å². The lowest BCUT2D eigenvalue weighted by molar-refractivity contribution is 0.349. The van der Waals surface area contributed by atoms with E-state index in [2.05, 4.69) is 12.2 Å². The minimum Gasteiger partial charge on any atom is -0.396 e. The van der Waals surface area contributed by atoms with Crippen molar-refractivity contribution < 1.29 is 8.42 Å². The molecule has 0 aromatic heterocycles. The minimum atomic E-state index is -3.78. The second kappa shape index (κ2) is 5.38. The number of sulfonamides is 1. The fourth-order valence-corrected chi connectivity index (χ4v) is 3.33. The maximum absolute atomic E-state index is 11.4. The molecule has 1 aromatic rings. The Morgan fingerprint density at radius 2 is 1.95 bits per heavy atom. The predicted molar refractivity (Wildman–Crippen MR) is 77.3 cm³/mol. The lowest BCUT2D eigenvalue weighted by Gasteiger charge is -2.31. The van der Waals surface area contributed by atoms with Crippen molar-refractivity contribution in [2.24, 2.45) is 11.1 Å². The first-order chi connectivity index (χ1) is 8.89. The number of nitrogen functional groups attached to an aromatic ring is 1. The van der Waals surface area contributed by atoms with E-state index >= 15 is 0 Å². The maximum atomic E-state index is 11.4. The van der Waals surface area contributed by atoms with Gasteiger partial charge in [0.05, 0.1) is 11.4 Å². The number of hydrogen-bond donors (Lipinski definition) is 3. The Kier molecular flexibility index (Phi) is 4.01. The van der Waals surface area contributed by atoms with E-state index in [0.717, 1.165) is 6.42 Å². The number of para-hydroxylation sites is 1. The smallest absolute Gasteiger partial charge is 0.240 e. The molecule has 0 amide bonds. The van der Waals surface area contributed by atoms with E-state index in [1.807, 2.05) is 0 Å². The number of rotatable bonds is 3. The average molecular weight is 283 g/mol. The Balaban J connectivity index is 2.26. The normalized spacial score (nSPS) is 24.1. The van der Waals surface area contributed by atoms with Crippen LogP contribution in [-0.4, -0.2) is 14.5 Å². The van der Waals surface area contributed by atoms with Gasteiger partial charge in [-0.2, -0.15) is 0 Å². The second-order valence-corrected chi connectivity index (χ2v) is 6.80. The van der Waals surface area contributed by atoms with Gasteiger partial charge in [-0.15, -0.1) is 0 Å². The number of hydrogen-bond acceptors (Lipinski definition) is 4. The van der Waals surface area contributed by atoms with Crippen molar-refractivity contribution in [3.05, 3.63) is 18.2 Å². The van der Waals surface area contributed by atoms with Gasteiger partial charge >= 0.3 is 0 Å². The predicted octanol–water partition coefficient (Wildman–Crippen LogP) is 1.91. The third-order valence-electron chi connectivity index (χ3n) is 3.83. The van der Waals surface area contributed by atoms with E-state index in [4.69, 9.17) is 10.9 Å². The highest BCUT2D eigenvalue weighted by Gasteiger charge is 2.23. The third kappa shape index (κ3) is 3.19. The van der Waals surface area contributed by atoms with Gasteiger partial charge in [0.1, 0.15) is 4.90 Å². The van der Waals surface area contributed by atoms with E-state index in [-0.39, 0.29) is 10.6 Å². The summed E-state index contributed by atoms with van der Waals surface area (Å²) in [6.07, 6.45) is 4.72. The quantitative estimate of drug-likeness (QED) is 0.738. The monoisotopic (exact) mass is 283 g/mol. The number of primary sulfonamides is 1. The van der Waals surface area contributed by atoms with Crippen LogP contribution in [0.2, 0.25) is 0 Å². The van der Waals surface area contributed by atoms with Crippen molar-refractivity contribution >= 4 is 21.4 Å². The lowest BCUT2D eigenvalue weighted by atomic mass is 9.86. The number of nitrogens with one attached hydrogen (secondary N) is 1. The van der Waals surface area contributed by atoms with Gasteiger partial charge in [-0.3, -0.25) is 0 Å². The molecule has 2 atom stereocenters. The van der Waals surface area contributed by atoms with Crippen LogP contribution >= 0.6 is 0 Å². The van der Waals surface area contributed by atoms with Crippen LogP contribution in [0, 0.1) is 5.92 Å². The fraction of sp³-hybridized carbons (Fsp3) is 0.538. The van der Waals surface area contributed by atoms with Crippen LogP contribution in [0.15, 0.2) is 23.1 Å². The fourth-order valence-electron chi connectivity index (χ4n) is 2.65. The van der Waals surface area contributed by atoms with Gasteiger partial charge in [-0.25, -0.2) is 13.6 Å². The summed E-state index contributed by atoms with van der Waals surface area (Å²) in [6, 6.07) is 5.23. The van der Waals surface area contributed by atoms with Gasteiger partial charge in [-0.05, 0) is 30.9 Å². The van der Waals surface area contributed by atoms with Crippen LogP contribution in [0.3, 0.4) is 0 Å². The molecular weight excluding hydrogens is 262 g/mol. The molecule has 2 rings (SSSR count). The summed E-state index contributed by atoms with van der Waals surface area (Å²) in [4.78, 5) is -0.0130. The summed E-state index contributed by atoms with van der Waals surface area (Å²) in [6.45, 7) is 2.20. The van der Waals surface area contributed by atoms with Crippen molar-refractivity contribution in [1.29, 1.82) is 0 Å². The molecule has 0 spiro atoms. The Hall–Kier alpha value is -1.27. The zero-order valence-corrected chi connectivity index (χ0v) is 11.9. The molecule has 1 saturated carbocycles. The molecule has 0 bridgehead atoms. The molecule has 0 saturated heterocycles. The molecule has 1 aliphatic rings. The molecule has 106 valence electrons. The third-order valence-corrected chi connectivity index (χ3v) is 4.79. The Bertz CT molecular complexity index is 557. The molecule has 19 heavy (non-hydrogen) atoms. The van der Waals surface area contributed by atoms with Crippen molar-refractivity contribution in [1.82, 2.24) is 0 Å². The summed E-state index contributed by atoms with van der Waals surface area (Å²) < 4.78 is 22.9. The van der Waals surface area contributed by atoms with E-state index in [9.17, 15) is 8.42 Å². The summed E-state index contributed by atoms with van der Waals surface area (Å²) >= 11 is 0. The zero-order valence-electron chi connectivity index (χ0n) is 11.1. The Morgan fingerprint density at radius 1 is 1.26 bits per heavy atom. The van der Waals surface area contributed by atoms with E-state index in [1.165, 1.54) is 25.3 Å². The standard InChI is InChI=1S/C13H21N3O2S/c1-9-5-2-3-6-10(9)16-11-7-4-8-12(13(11)14)19(15,17)18/h4,7-10,16H,2-3,5-6,14H2,1H3,(H2,15,17,18). The Labute approximate surface area is 114 Å². The van der Waals surface area contributed by atoms with Gasteiger partial charge in [0, 0.05) is 6.04 Å². The van der Waals surface area contributed by atoms with Crippen molar-refractivity contribution in [3.63, 3.8) is 0 Å². The van der Waals surface area contributed by atoms with Crippen LogP contribution in [0.1, 0.15) is 32.6 Å². The Morgan fingerprint density at radius 3 is 2.58 bits per heavy atom. The first-order valence-corrected chi connectivity index (χ1v) is 8.12. The van der Waals surface area contributed by atoms with Crippen molar-refractivity contribution in [2.45, 2.75) is 43.5 Å².